The van der Waals surface area contributed by atoms with Crippen molar-refractivity contribution in [2.45, 2.75) is 71.6 Å². The number of carbonyl (C=O) groups is 2. The molecular formula is C26H37N7O5. The molecule has 2 amide bonds. The summed E-state index contributed by atoms with van der Waals surface area (Å²) in [6, 6.07) is 3.89. The van der Waals surface area contributed by atoms with Crippen molar-refractivity contribution < 1.29 is 23.8 Å². The second-order valence-corrected chi connectivity index (χ2v) is 10.3. The summed E-state index contributed by atoms with van der Waals surface area (Å²) in [5, 5.41) is 19.2. The minimum atomic E-state index is -0.525. The quantitative estimate of drug-likeness (QED) is 0.379. The number of hydrogen-bond donors (Lipinski definition) is 2. The van der Waals surface area contributed by atoms with E-state index in [9.17, 15) is 9.59 Å². The van der Waals surface area contributed by atoms with Gasteiger partial charge in [0.15, 0.2) is 6.23 Å². The van der Waals surface area contributed by atoms with Gasteiger partial charge in [-0.05, 0) is 71.9 Å². The molecule has 206 valence electrons. The molecule has 1 atom stereocenters. The van der Waals surface area contributed by atoms with Gasteiger partial charge < -0.3 is 24.8 Å². The van der Waals surface area contributed by atoms with Gasteiger partial charge in [0.05, 0.1) is 23.1 Å². The zero-order valence-corrected chi connectivity index (χ0v) is 22.5. The molecule has 12 heteroatoms. The van der Waals surface area contributed by atoms with Crippen molar-refractivity contribution in [1.29, 1.82) is 0 Å². The summed E-state index contributed by atoms with van der Waals surface area (Å²) in [5.41, 5.74) is 1.77. The predicted molar refractivity (Wildman–Crippen MR) is 141 cm³/mol. The molecule has 0 radical (unpaired) electrons. The van der Waals surface area contributed by atoms with Crippen LogP contribution in [0.1, 0.15) is 64.9 Å². The highest BCUT2D eigenvalue weighted by molar-refractivity contribution is 6.02. The topological polar surface area (TPSA) is 134 Å². The zero-order valence-electron chi connectivity index (χ0n) is 22.5. The predicted octanol–water partition coefficient (Wildman–Crippen LogP) is 3.88. The molecular weight excluding hydrogens is 490 g/mol. The number of carbonyl (C=O) groups excluding carboxylic acids is 2. The minimum absolute atomic E-state index is 0.0866. The number of benzene rings is 1. The van der Waals surface area contributed by atoms with Crippen LogP contribution in [0.3, 0.4) is 0 Å². The zero-order chi connectivity index (χ0) is 27.1. The number of ether oxygens (including phenoxy) is 3. The normalized spacial score (nSPS) is 15.9. The molecule has 1 aliphatic rings. The fourth-order valence-corrected chi connectivity index (χ4v) is 4.25. The Kier molecular flexibility index (Phi) is 8.95. The Hall–Kier alpha value is -3.51. The summed E-state index contributed by atoms with van der Waals surface area (Å²) >= 11 is 0. The fraction of sp³-hybridized carbons (Fsp3) is 0.577. The van der Waals surface area contributed by atoms with E-state index < -0.39 is 11.7 Å². The Labute approximate surface area is 222 Å². The standard InChI is InChI=1S/C26H37N7O5/c1-18-31-28-17-32(18)19-13-21(20-15-29-33(22(20)14-19)24-9-5-7-12-37-24)30-23(34)16-36-11-8-6-10-27-25(35)38-26(2,3)4/h13-15,17,24H,5-12,16H2,1-4H3,(H,27,35)(H,30,34). The van der Waals surface area contributed by atoms with Crippen LogP contribution < -0.4 is 10.6 Å². The first-order valence-electron chi connectivity index (χ1n) is 13.1. The molecule has 0 aliphatic carbocycles. The van der Waals surface area contributed by atoms with Crippen molar-refractivity contribution in [3.05, 3.63) is 30.5 Å². The summed E-state index contributed by atoms with van der Waals surface area (Å²) in [7, 11) is 0. The summed E-state index contributed by atoms with van der Waals surface area (Å²) in [6.45, 7) is 8.82. The molecule has 1 saturated heterocycles. The van der Waals surface area contributed by atoms with E-state index in [1.807, 2.05) is 49.1 Å². The molecule has 1 aliphatic heterocycles. The molecule has 0 spiro atoms. The highest BCUT2D eigenvalue weighted by Gasteiger charge is 2.21. The van der Waals surface area contributed by atoms with Gasteiger partial charge >= 0.3 is 6.09 Å². The largest absolute Gasteiger partial charge is 0.444 e. The van der Waals surface area contributed by atoms with Crippen LogP contribution in [0.15, 0.2) is 24.7 Å². The van der Waals surface area contributed by atoms with Crippen LogP contribution >= 0.6 is 0 Å². The highest BCUT2D eigenvalue weighted by atomic mass is 16.6. The van der Waals surface area contributed by atoms with Gasteiger partial charge in [-0.3, -0.25) is 9.36 Å². The van der Waals surface area contributed by atoms with Gasteiger partial charge in [-0.2, -0.15) is 5.10 Å². The third-order valence-corrected chi connectivity index (χ3v) is 6.02. The molecule has 38 heavy (non-hydrogen) atoms. The Morgan fingerprint density at radius 1 is 1.21 bits per heavy atom. The number of alkyl carbamates (subject to hydrolysis) is 1. The second kappa shape index (κ2) is 12.4. The first-order valence-corrected chi connectivity index (χ1v) is 13.1. The van der Waals surface area contributed by atoms with E-state index in [1.54, 1.807) is 12.5 Å². The van der Waals surface area contributed by atoms with Crippen molar-refractivity contribution in [1.82, 2.24) is 29.9 Å². The molecule has 12 nitrogen and oxygen atoms in total. The highest BCUT2D eigenvalue weighted by Crippen LogP contribution is 2.32. The number of hydrogen-bond acceptors (Lipinski definition) is 8. The summed E-state index contributed by atoms with van der Waals surface area (Å²) in [5.74, 6) is 0.462. The van der Waals surface area contributed by atoms with Crippen molar-refractivity contribution >= 4 is 28.6 Å². The first kappa shape index (κ1) is 27.5. The van der Waals surface area contributed by atoms with E-state index >= 15 is 0 Å². The van der Waals surface area contributed by atoms with E-state index in [2.05, 4.69) is 25.9 Å². The van der Waals surface area contributed by atoms with E-state index in [1.165, 1.54) is 0 Å². The first-order chi connectivity index (χ1) is 18.2. The number of amides is 2. The van der Waals surface area contributed by atoms with E-state index in [0.29, 0.717) is 38.3 Å². The number of unbranched alkanes of at least 4 members (excludes halogenated alkanes) is 1. The number of nitrogens with one attached hydrogen (secondary N) is 2. The lowest BCUT2D eigenvalue weighted by Crippen LogP contribution is -2.33. The molecule has 4 rings (SSSR count). The monoisotopic (exact) mass is 527 g/mol. The molecule has 1 fully saturated rings. The number of fused-ring (bicyclic) bond motifs is 1. The van der Waals surface area contributed by atoms with Gasteiger partial charge in [-0.25, -0.2) is 9.48 Å². The van der Waals surface area contributed by atoms with Crippen molar-refractivity contribution in [3.8, 4) is 5.69 Å². The molecule has 2 N–H and O–H groups in total. The number of anilines is 1. The number of aromatic nitrogens is 5. The molecule has 3 heterocycles. The lowest BCUT2D eigenvalue weighted by atomic mass is 10.1. The average Bonchev–Trinajstić information content (AvgIpc) is 3.49. The van der Waals surface area contributed by atoms with E-state index in [-0.39, 0.29) is 18.7 Å². The van der Waals surface area contributed by atoms with Gasteiger partial charge in [-0.1, -0.05) is 0 Å². The molecule has 1 aromatic carbocycles. The molecule has 1 unspecified atom stereocenters. The van der Waals surface area contributed by atoms with Crippen molar-refractivity contribution in [2.24, 2.45) is 0 Å². The van der Waals surface area contributed by atoms with Crippen LogP contribution in [-0.4, -0.2) is 68.5 Å². The van der Waals surface area contributed by atoms with Crippen LogP contribution in [0, 0.1) is 6.92 Å². The third-order valence-electron chi connectivity index (χ3n) is 6.02. The number of aryl methyl sites for hydroxylation is 1. The lowest BCUT2D eigenvalue weighted by Gasteiger charge is -2.23. The van der Waals surface area contributed by atoms with Crippen LogP contribution in [0.5, 0.6) is 0 Å². The van der Waals surface area contributed by atoms with E-state index in [4.69, 9.17) is 14.2 Å². The average molecular weight is 528 g/mol. The minimum Gasteiger partial charge on any atom is -0.444 e. The molecule has 0 bridgehead atoms. The molecule has 0 saturated carbocycles. The van der Waals surface area contributed by atoms with Gasteiger partial charge in [0, 0.05) is 25.1 Å². The van der Waals surface area contributed by atoms with Crippen LogP contribution in [-0.2, 0) is 19.0 Å². The summed E-state index contributed by atoms with van der Waals surface area (Å²) < 4.78 is 20.5. The summed E-state index contributed by atoms with van der Waals surface area (Å²) in [4.78, 5) is 24.4. The van der Waals surface area contributed by atoms with E-state index in [0.717, 1.165) is 41.7 Å². The van der Waals surface area contributed by atoms with Crippen molar-refractivity contribution in [3.63, 3.8) is 0 Å². The van der Waals surface area contributed by atoms with Crippen LogP contribution in [0.25, 0.3) is 16.6 Å². The Bertz CT molecular complexity index is 1240. The summed E-state index contributed by atoms with van der Waals surface area (Å²) in [6.07, 6.45) is 7.23. The van der Waals surface area contributed by atoms with Crippen LogP contribution in [0.4, 0.5) is 10.5 Å². The van der Waals surface area contributed by atoms with Gasteiger partial charge in [-0.15, -0.1) is 10.2 Å². The Morgan fingerprint density at radius 2 is 2.05 bits per heavy atom. The maximum Gasteiger partial charge on any atom is 0.407 e. The fourth-order valence-electron chi connectivity index (χ4n) is 4.25. The maximum absolute atomic E-state index is 12.7. The second-order valence-electron chi connectivity index (χ2n) is 10.3. The Morgan fingerprint density at radius 3 is 2.76 bits per heavy atom. The molecule has 2 aromatic heterocycles. The smallest absolute Gasteiger partial charge is 0.407 e. The maximum atomic E-state index is 12.7. The van der Waals surface area contributed by atoms with Crippen LogP contribution in [0.2, 0.25) is 0 Å². The van der Waals surface area contributed by atoms with Gasteiger partial charge in [0.1, 0.15) is 24.4 Å². The third kappa shape index (κ3) is 7.29. The van der Waals surface area contributed by atoms with Gasteiger partial charge in [0.2, 0.25) is 5.91 Å². The SMILES string of the molecule is Cc1nncn1-c1cc(NC(=O)COCCCCNC(=O)OC(C)(C)C)c2cnn(C3CCCCO3)c2c1. The number of rotatable bonds is 10. The van der Waals surface area contributed by atoms with Gasteiger partial charge in [0.25, 0.3) is 0 Å². The Balaban J connectivity index is 1.35. The number of nitrogens with zero attached hydrogens (tertiary/aromatic N) is 5. The lowest BCUT2D eigenvalue weighted by molar-refractivity contribution is -0.120. The molecule has 3 aromatic rings. The van der Waals surface area contributed by atoms with Crippen molar-refractivity contribution in [2.75, 3.05) is 31.7 Å².